The Morgan fingerprint density at radius 3 is 2.65 bits per heavy atom. The smallest absolute Gasteiger partial charge is 0.0213 e. The van der Waals surface area contributed by atoms with Gasteiger partial charge in [-0.05, 0) is 46.5 Å². The van der Waals surface area contributed by atoms with Crippen molar-refractivity contribution in [1.29, 1.82) is 0 Å². The molecule has 0 bridgehead atoms. The lowest BCUT2D eigenvalue weighted by atomic mass is 10.0. The van der Waals surface area contributed by atoms with E-state index in [2.05, 4.69) is 40.3 Å². The van der Waals surface area contributed by atoms with Crippen molar-refractivity contribution in [1.82, 2.24) is 5.32 Å². The van der Waals surface area contributed by atoms with E-state index in [1.54, 1.807) is 11.3 Å². The van der Waals surface area contributed by atoms with Crippen molar-refractivity contribution in [2.24, 2.45) is 5.73 Å². The number of rotatable bonds is 6. The Bertz CT molecular complexity index is 437. The fourth-order valence-electron chi connectivity index (χ4n) is 1.85. The Hall–Kier alpha value is -1.16. The quantitative estimate of drug-likeness (QED) is 0.769. The Morgan fingerprint density at radius 2 is 1.94 bits per heavy atom. The SMILES string of the molecule is NCc1ccccc1CCNCc1ccsc1. The van der Waals surface area contributed by atoms with Crippen LogP contribution in [-0.2, 0) is 19.5 Å². The first-order valence-electron chi connectivity index (χ1n) is 5.89. The number of hydrogen-bond donors (Lipinski definition) is 2. The molecular formula is C14H18N2S. The molecule has 0 atom stereocenters. The summed E-state index contributed by atoms with van der Waals surface area (Å²) in [5.41, 5.74) is 9.69. The van der Waals surface area contributed by atoms with Crippen LogP contribution < -0.4 is 11.1 Å². The summed E-state index contributed by atoms with van der Waals surface area (Å²) >= 11 is 1.74. The van der Waals surface area contributed by atoms with Gasteiger partial charge in [-0.15, -0.1) is 0 Å². The highest BCUT2D eigenvalue weighted by Gasteiger charge is 1.99. The van der Waals surface area contributed by atoms with E-state index in [0.717, 1.165) is 19.5 Å². The van der Waals surface area contributed by atoms with E-state index >= 15 is 0 Å². The number of thiophene rings is 1. The fraction of sp³-hybridized carbons (Fsp3) is 0.286. The summed E-state index contributed by atoms with van der Waals surface area (Å²) in [6, 6.07) is 10.5. The Labute approximate surface area is 106 Å². The third kappa shape index (κ3) is 3.66. The Balaban J connectivity index is 1.78. The van der Waals surface area contributed by atoms with Gasteiger partial charge in [0, 0.05) is 13.1 Å². The largest absolute Gasteiger partial charge is 0.326 e. The van der Waals surface area contributed by atoms with Gasteiger partial charge in [0.2, 0.25) is 0 Å². The summed E-state index contributed by atoms with van der Waals surface area (Å²) in [6.45, 7) is 2.57. The molecule has 0 saturated carbocycles. The summed E-state index contributed by atoms with van der Waals surface area (Å²) in [6.07, 6.45) is 1.04. The molecule has 3 N–H and O–H groups in total. The summed E-state index contributed by atoms with van der Waals surface area (Å²) in [4.78, 5) is 0. The van der Waals surface area contributed by atoms with Gasteiger partial charge in [-0.1, -0.05) is 24.3 Å². The van der Waals surface area contributed by atoms with Crippen molar-refractivity contribution in [2.75, 3.05) is 6.54 Å². The maximum atomic E-state index is 5.71. The molecule has 2 rings (SSSR count). The number of benzene rings is 1. The zero-order valence-electron chi connectivity index (χ0n) is 9.86. The first-order chi connectivity index (χ1) is 8.40. The molecule has 1 heterocycles. The number of nitrogens with one attached hydrogen (secondary N) is 1. The minimum absolute atomic E-state index is 0.626. The van der Waals surface area contributed by atoms with Crippen molar-refractivity contribution in [3.63, 3.8) is 0 Å². The van der Waals surface area contributed by atoms with Crippen LogP contribution in [0.15, 0.2) is 41.1 Å². The molecule has 17 heavy (non-hydrogen) atoms. The first kappa shape index (κ1) is 12.3. The molecule has 0 amide bonds. The van der Waals surface area contributed by atoms with Crippen LogP contribution in [-0.4, -0.2) is 6.54 Å². The van der Waals surface area contributed by atoms with E-state index in [0.29, 0.717) is 6.54 Å². The zero-order valence-corrected chi connectivity index (χ0v) is 10.7. The van der Waals surface area contributed by atoms with Gasteiger partial charge in [-0.3, -0.25) is 0 Å². The standard InChI is InChI=1S/C14H18N2S/c15-9-14-4-2-1-3-13(14)5-7-16-10-12-6-8-17-11-12/h1-4,6,8,11,16H,5,7,9-10,15H2. The topological polar surface area (TPSA) is 38.0 Å². The van der Waals surface area contributed by atoms with Gasteiger partial charge in [-0.25, -0.2) is 0 Å². The molecule has 0 radical (unpaired) electrons. The van der Waals surface area contributed by atoms with Gasteiger partial charge in [0.15, 0.2) is 0 Å². The summed E-state index contributed by atoms with van der Waals surface area (Å²) in [5, 5.41) is 7.75. The number of hydrogen-bond acceptors (Lipinski definition) is 3. The number of nitrogens with two attached hydrogens (primary N) is 1. The van der Waals surface area contributed by atoms with Crippen molar-refractivity contribution in [2.45, 2.75) is 19.5 Å². The zero-order chi connectivity index (χ0) is 11.9. The van der Waals surface area contributed by atoms with Crippen LogP contribution in [0.5, 0.6) is 0 Å². The highest BCUT2D eigenvalue weighted by Crippen LogP contribution is 2.08. The van der Waals surface area contributed by atoms with Gasteiger partial charge >= 0.3 is 0 Å². The third-order valence-corrected chi connectivity index (χ3v) is 3.55. The van der Waals surface area contributed by atoms with Crippen LogP contribution in [0.25, 0.3) is 0 Å². The summed E-state index contributed by atoms with van der Waals surface area (Å²) < 4.78 is 0. The van der Waals surface area contributed by atoms with Crippen molar-refractivity contribution in [3.05, 3.63) is 57.8 Å². The van der Waals surface area contributed by atoms with Crippen LogP contribution in [0, 0.1) is 0 Å². The monoisotopic (exact) mass is 246 g/mol. The van der Waals surface area contributed by atoms with E-state index in [1.165, 1.54) is 16.7 Å². The molecule has 90 valence electrons. The highest BCUT2D eigenvalue weighted by molar-refractivity contribution is 7.07. The van der Waals surface area contributed by atoms with Gasteiger partial charge in [-0.2, -0.15) is 11.3 Å². The lowest BCUT2D eigenvalue weighted by molar-refractivity contribution is 0.685. The van der Waals surface area contributed by atoms with E-state index in [4.69, 9.17) is 5.73 Å². The third-order valence-electron chi connectivity index (χ3n) is 2.82. The lowest BCUT2D eigenvalue weighted by Gasteiger charge is -2.08. The molecule has 0 saturated heterocycles. The minimum atomic E-state index is 0.626. The molecule has 0 fully saturated rings. The molecule has 3 heteroatoms. The molecule has 1 aromatic carbocycles. The first-order valence-corrected chi connectivity index (χ1v) is 6.83. The van der Waals surface area contributed by atoms with Crippen molar-refractivity contribution >= 4 is 11.3 Å². The maximum absolute atomic E-state index is 5.71. The molecule has 0 aliphatic rings. The van der Waals surface area contributed by atoms with Gasteiger partial charge in [0.25, 0.3) is 0 Å². The Kier molecular flexibility index (Phi) is 4.74. The summed E-state index contributed by atoms with van der Waals surface area (Å²) in [5.74, 6) is 0. The second-order valence-electron chi connectivity index (χ2n) is 4.03. The second-order valence-corrected chi connectivity index (χ2v) is 4.81. The maximum Gasteiger partial charge on any atom is 0.0213 e. The predicted octanol–water partition coefficient (Wildman–Crippen LogP) is 2.54. The Morgan fingerprint density at radius 1 is 1.12 bits per heavy atom. The van der Waals surface area contributed by atoms with E-state index in [1.807, 2.05) is 6.07 Å². The average Bonchev–Trinajstić information content (AvgIpc) is 2.88. The molecule has 2 nitrogen and oxygen atoms in total. The second kappa shape index (κ2) is 6.55. The van der Waals surface area contributed by atoms with Crippen LogP contribution in [0.3, 0.4) is 0 Å². The van der Waals surface area contributed by atoms with Crippen LogP contribution in [0.1, 0.15) is 16.7 Å². The minimum Gasteiger partial charge on any atom is -0.326 e. The fourth-order valence-corrected chi connectivity index (χ4v) is 2.52. The van der Waals surface area contributed by atoms with Gasteiger partial charge < -0.3 is 11.1 Å². The van der Waals surface area contributed by atoms with Crippen LogP contribution in [0.4, 0.5) is 0 Å². The van der Waals surface area contributed by atoms with Crippen LogP contribution in [0.2, 0.25) is 0 Å². The molecule has 0 spiro atoms. The molecular weight excluding hydrogens is 228 g/mol. The van der Waals surface area contributed by atoms with E-state index in [9.17, 15) is 0 Å². The summed E-state index contributed by atoms with van der Waals surface area (Å²) in [7, 11) is 0. The van der Waals surface area contributed by atoms with Gasteiger partial charge in [0.05, 0.1) is 0 Å². The highest BCUT2D eigenvalue weighted by atomic mass is 32.1. The molecule has 1 aromatic heterocycles. The predicted molar refractivity (Wildman–Crippen MR) is 74.1 cm³/mol. The molecule has 0 unspecified atom stereocenters. The van der Waals surface area contributed by atoms with E-state index < -0.39 is 0 Å². The average molecular weight is 246 g/mol. The van der Waals surface area contributed by atoms with Crippen molar-refractivity contribution < 1.29 is 0 Å². The van der Waals surface area contributed by atoms with Crippen molar-refractivity contribution in [3.8, 4) is 0 Å². The van der Waals surface area contributed by atoms with E-state index in [-0.39, 0.29) is 0 Å². The molecule has 2 aromatic rings. The molecule has 0 aliphatic carbocycles. The normalized spacial score (nSPS) is 10.6. The molecule has 0 aliphatic heterocycles. The van der Waals surface area contributed by atoms with Crippen LogP contribution >= 0.6 is 11.3 Å². The lowest BCUT2D eigenvalue weighted by Crippen LogP contribution is -2.17. The van der Waals surface area contributed by atoms with Gasteiger partial charge in [0.1, 0.15) is 0 Å².